The third kappa shape index (κ3) is 8.02. The number of aryl methyl sites for hydroxylation is 1. The summed E-state index contributed by atoms with van der Waals surface area (Å²) >= 11 is 12.5. The molecule has 7 nitrogen and oxygen atoms in total. The van der Waals surface area contributed by atoms with Crippen LogP contribution in [0.25, 0.3) is 0 Å². The third-order valence-corrected chi connectivity index (χ3v) is 9.63. The molecule has 1 aliphatic rings. The molecular formula is C31H34Cl2FN3O4S. The average molecular weight is 635 g/mol. The Morgan fingerprint density at radius 1 is 0.952 bits per heavy atom. The zero-order valence-corrected chi connectivity index (χ0v) is 25.9. The predicted octanol–water partition coefficient (Wildman–Crippen LogP) is 6.50. The highest BCUT2D eigenvalue weighted by molar-refractivity contribution is 7.92. The summed E-state index contributed by atoms with van der Waals surface area (Å²) in [4.78, 5) is 28.7. The van der Waals surface area contributed by atoms with Gasteiger partial charge in [-0.3, -0.25) is 13.9 Å². The summed E-state index contributed by atoms with van der Waals surface area (Å²) in [7, 11) is -4.26. The van der Waals surface area contributed by atoms with Gasteiger partial charge in [0.1, 0.15) is 18.4 Å². The Bertz CT molecular complexity index is 1490. The summed E-state index contributed by atoms with van der Waals surface area (Å²) in [6.07, 6.45) is 4.89. The fourth-order valence-electron chi connectivity index (χ4n) is 4.99. The molecule has 0 saturated heterocycles. The summed E-state index contributed by atoms with van der Waals surface area (Å²) in [5, 5.41) is 3.43. The number of rotatable bonds is 10. The molecule has 1 saturated carbocycles. The molecule has 0 heterocycles. The number of hydrogen-bond acceptors (Lipinski definition) is 4. The molecule has 1 N–H and O–H groups in total. The van der Waals surface area contributed by atoms with Crippen molar-refractivity contribution >= 4 is 50.7 Å². The van der Waals surface area contributed by atoms with Crippen LogP contribution in [0.2, 0.25) is 10.0 Å². The van der Waals surface area contributed by atoms with Crippen molar-refractivity contribution in [3.63, 3.8) is 0 Å². The average Bonchev–Trinajstić information content (AvgIpc) is 2.95. The maximum absolute atomic E-state index is 14.0. The van der Waals surface area contributed by atoms with E-state index in [1.165, 1.54) is 59.5 Å². The van der Waals surface area contributed by atoms with E-state index in [1.807, 2.05) is 6.92 Å². The molecule has 1 atom stereocenters. The largest absolute Gasteiger partial charge is 0.352 e. The first kappa shape index (κ1) is 31.8. The number of nitrogens with zero attached hydrogens (tertiary/aromatic N) is 2. The number of carbonyl (C=O) groups excluding carboxylic acids is 2. The van der Waals surface area contributed by atoms with Crippen molar-refractivity contribution in [2.24, 2.45) is 0 Å². The van der Waals surface area contributed by atoms with Crippen molar-refractivity contribution < 1.29 is 22.4 Å². The fraction of sp³-hybridized carbons (Fsp3) is 0.355. The van der Waals surface area contributed by atoms with E-state index in [-0.39, 0.29) is 39.1 Å². The van der Waals surface area contributed by atoms with Crippen LogP contribution in [-0.2, 0) is 26.2 Å². The van der Waals surface area contributed by atoms with Crippen LogP contribution >= 0.6 is 23.2 Å². The van der Waals surface area contributed by atoms with E-state index in [9.17, 15) is 22.4 Å². The normalized spacial score (nSPS) is 14.7. The van der Waals surface area contributed by atoms with Crippen LogP contribution in [0.3, 0.4) is 0 Å². The highest BCUT2D eigenvalue weighted by Crippen LogP contribution is 2.30. The monoisotopic (exact) mass is 633 g/mol. The topological polar surface area (TPSA) is 86.8 Å². The van der Waals surface area contributed by atoms with E-state index < -0.39 is 34.3 Å². The van der Waals surface area contributed by atoms with Gasteiger partial charge in [-0.25, -0.2) is 12.8 Å². The number of amides is 2. The molecule has 0 unspecified atom stereocenters. The van der Waals surface area contributed by atoms with Gasteiger partial charge in [-0.2, -0.15) is 0 Å². The molecule has 42 heavy (non-hydrogen) atoms. The number of benzene rings is 3. The molecule has 1 aliphatic carbocycles. The Balaban J connectivity index is 1.69. The molecule has 0 aromatic heterocycles. The predicted molar refractivity (Wildman–Crippen MR) is 164 cm³/mol. The van der Waals surface area contributed by atoms with Crippen molar-refractivity contribution in [1.82, 2.24) is 10.2 Å². The van der Waals surface area contributed by atoms with E-state index in [4.69, 9.17) is 23.2 Å². The summed E-state index contributed by atoms with van der Waals surface area (Å²) in [5.41, 5.74) is 1.55. The molecule has 0 radical (unpaired) electrons. The molecule has 1 fully saturated rings. The summed E-state index contributed by atoms with van der Waals surface area (Å²) in [6, 6.07) is 15.2. The lowest BCUT2D eigenvalue weighted by atomic mass is 9.95. The van der Waals surface area contributed by atoms with Crippen LogP contribution in [0.4, 0.5) is 10.1 Å². The number of carbonyl (C=O) groups is 2. The smallest absolute Gasteiger partial charge is 0.264 e. The lowest BCUT2D eigenvalue weighted by molar-refractivity contribution is -0.139. The second-order valence-corrected chi connectivity index (χ2v) is 13.4. The maximum atomic E-state index is 14.0. The van der Waals surface area contributed by atoms with E-state index in [1.54, 1.807) is 19.1 Å². The van der Waals surface area contributed by atoms with Gasteiger partial charge in [0.15, 0.2) is 0 Å². The molecule has 4 rings (SSSR count). The summed E-state index contributed by atoms with van der Waals surface area (Å²) in [5.74, 6) is -1.40. The van der Waals surface area contributed by atoms with E-state index >= 15 is 0 Å². The zero-order valence-electron chi connectivity index (χ0n) is 23.5. The number of halogens is 3. The molecule has 2 amide bonds. The van der Waals surface area contributed by atoms with Crippen molar-refractivity contribution in [3.8, 4) is 0 Å². The number of nitrogens with one attached hydrogen (secondary N) is 1. The number of anilines is 1. The minimum absolute atomic E-state index is 0.0171. The Morgan fingerprint density at radius 3 is 2.14 bits per heavy atom. The maximum Gasteiger partial charge on any atom is 0.264 e. The van der Waals surface area contributed by atoms with Gasteiger partial charge in [-0.15, -0.1) is 0 Å². The van der Waals surface area contributed by atoms with Crippen LogP contribution in [-0.4, -0.2) is 43.8 Å². The van der Waals surface area contributed by atoms with E-state index in [2.05, 4.69) is 5.32 Å². The second kappa shape index (κ2) is 13.9. The molecule has 0 spiro atoms. The van der Waals surface area contributed by atoms with Gasteiger partial charge in [-0.05, 0) is 74.7 Å². The Hall–Kier alpha value is -3.14. The first-order chi connectivity index (χ1) is 19.9. The lowest BCUT2D eigenvalue weighted by Crippen LogP contribution is -2.53. The van der Waals surface area contributed by atoms with Gasteiger partial charge in [0.2, 0.25) is 11.8 Å². The molecule has 11 heteroatoms. The van der Waals surface area contributed by atoms with Gasteiger partial charge >= 0.3 is 0 Å². The first-order valence-corrected chi connectivity index (χ1v) is 16.0. The van der Waals surface area contributed by atoms with E-state index in [0.29, 0.717) is 5.56 Å². The first-order valence-electron chi connectivity index (χ1n) is 13.8. The van der Waals surface area contributed by atoms with Crippen molar-refractivity contribution in [2.75, 3.05) is 10.8 Å². The molecule has 0 aliphatic heterocycles. The lowest BCUT2D eigenvalue weighted by Gasteiger charge is -2.33. The quantitative estimate of drug-likeness (QED) is 0.276. The van der Waals surface area contributed by atoms with Crippen LogP contribution in [0, 0.1) is 12.7 Å². The summed E-state index contributed by atoms with van der Waals surface area (Å²) < 4.78 is 42.4. The summed E-state index contributed by atoms with van der Waals surface area (Å²) in [6.45, 7) is 2.78. The molecule has 3 aromatic rings. The zero-order chi connectivity index (χ0) is 30.4. The van der Waals surface area contributed by atoms with Crippen molar-refractivity contribution in [1.29, 1.82) is 0 Å². The molecule has 3 aromatic carbocycles. The fourth-order valence-corrected chi connectivity index (χ4v) is 6.90. The van der Waals surface area contributed by atoms with Crippen LogP contribution < -0.4 is 9.62 Å². The molecular weight excluding hydrogens is 600 g/mol. The van der Waals surface area contributed by atoms with Gasteiger partial charge < -0.3 is 10.2 Å². The van der Waals surface area contributed by atoms with Crippen LogP contribution in [0.1, 0.15) is 50.2 Å². The highest BCUT2D eigenvalue weighted by Gasteiger charge is 2.33. The Labute approximate surface area is 256 Å². The van der Waals surface area contributed by atoms with Crippen molar-refractivity contribution in [2.45, 2.75) is 69.5 Å². The minimum atomic E-state index is -4.26. The van der Waals surface area contributed by atoms with Crippen molar-refractivity contribution in [3.05, 3.63) is 93.7 Å². The van der Waals surface area contributed by atoms with Gasteiger partial charge in [0.25, 0.3) is 10.0 Å². The van der Waals surface area contributed by atoms with Crippen LogP contribution in [0.15, 0.2) is 71.6 Å². The van der Waals surface area contributed by atoms with Gasteiger partial charge in [0.05, 0.1) is 10.6 Å². The Kier molecular flexibility index (Phi) is 10.5. The van der Waals surface area contributed by atoms with Gasteiger partial charge in [-0.1, -0.05) is 72.3 Å². The second-order valence-electron chi connectivity index (χ2n) is 10.6. The number of hydrogen-bond donors (Lipinski definition) is 1. The minimum Gasteiger partial charge on any atom is -0.352 e. The van der Waals surface area contributed by atoms with Gasteiger partial charge in [0, 0.05) is 22.6 Å². The molecule has 224 valence electrons. The Morgan fingerprint density at radius 2 is 1.55 bits per heavy atom. The third-order valence-electron chi connectivity index (χ3n) is 7.41. The molecule has 0 bridgehead atoms. The SMILES string of the molecule is Cc1ccc(S(=O)(=O)N(CC(=O)N(Cc2ccc(F)cc2)[C@H](C)C(=O)NC2CCCCC2)c2cc(Cl)cc(Cl)c2)cc1. The standard InChI is InChI=1S/C31H34Cl2FN3O4S/c1-21-8-14-29(15-9-21)42(40,41)37(28-17-24(32)16-25(33)18-28)20-30(38)36(19-23-10-12-26(34)13-11-23)22(2)31(39)35-27-6-4-3-5-7-27/h8-18,22,27H,3-7,19-20H2,1-2H3,(H,35,39)/t22-/m1/s1. The highest BCUT2D eigenvalue weighted by atomic mass is 35.5. The van der Waals surface area contributed by atoms with Crippen LogP contribution in [0.5, 0.6) is 0 Å². The van der Waals surface area contributed by atoms with E-state index in [0.717, 1.165) is 42.0 Å². The number of sulfonamides is 1.